The van der Waals surface area contributed by atoms with Crippen LogP contribution in [0.25, 0.3) is 0 Å². The van der Waals surface area contributed by atoms with Gasteiger partial charge in [-0.05, 0) is 24.6 Å². The summed E-state index contributed by atoms with van der Waals surface area (Å²) in [5.74, 6) is -0.0882. The number of hydrogen-bond donors (Lipinski definition) is 2. The second-order valence-electron chi connectivity index (χ2n) is 6.47. The maximum Gasteiger partial charge on any atom is 0.192 e. The molecule has 0 bridgehead atoms. The Bertz CT molecular complexity index is 281. The quantitative estimate of drug-likeness (QED) is 0.603. The van der Waals surface area contributed by atoms with E-state index in [2.05, 4.69) is 33.9 Å². The summed E-state index contributed by atoms with van der Waals surface area (Å²) in [6.45, 7) is 11.1. The van der Waals surface area contributed by atoms with Gasteiger partial charge in [0.1, 0.15) is 0 Å². The van der Waals surface area contributed by atoms with Crippen molar-refractivity contribution in [3.05, 3.63) is 12.2 Å². The van der Waals surface area contributed by atoms with Gasteiger partial charge >= 0.3 is 0 Å². The Balaban J connectivity index is 2.68. The van der Waals surface area contributed by atoms with E-state index in [1.54, 1.807) is 6.08 Å². The van der Waals surface area contributed by atoms with E-state index < -0.39 is 14.4 Å². The van der Waals surface area contributed by atoms with Gasteiger partial charge in [-0.2, -0.15) is 0 Å². The molecule has 0 spiro atoms. The molecule has 3 nitrogen and oxygen atoms in total. The van der Waals surface area contributed by atoms with Crippen LogP contribution in [0, 0.1) is 5.92 Å². The Morgan fingerprint density at radius 3 is 2.35 bits per heavy atom. The molecule has 100 valence electrons. The highest BCUT2D eigenvalue weighted by Crippen LogP contribution is 2.38. The maximum absolute atomic E-state index is 9.65. The molecule has 0 fully saturated rings. The van der Waals surface area contributed by atoms with Crippen molar-refractivity contribution < 1.29 is 14.6 Å². The van der Waals surface area contributed by atoms with Crippen LogP contribution in [0.3, 0.4) is 0 Å². The third kappa shape index (κ3) is 3.65. The predicted molar refractivity (Wildman–Crippen MR) is 72.4 cm³/mol. The molecule has 0 aromatic rings. The molecule has 17 heavy (non-hydrogen) atoms. The molecule has 0 aromatic heterocycles. The van der Waals surface area contributed by atoms with Crippen LogP contribution in [0.2, 0.25) is 18.1 Å². The lowest BCUT2D eigenvalue weighted by atomic mass is 9.91. The van der Waals surface area contributed by atoms with Crippen molar-refractivity contribution in [2.24, 2.45) is 5.92 Å². The molecule has 0 aromatic carbocycles. The van der Waals surface area contributed by atoms with Crippen molar-refractivity contribution in [2.45, 2.75) is 57.5 Å². The van der Waals surface area contributed by atoms with Crippen LogP contribution < -0.4 is 0 Å². The van der Waals surface area contributed by atoms with Gasteiger partial charge in [-0.1, -0.05) is 32.9 Å². The minimum atomic E-state index is -1.77. The summed E-state index contributed by atoms with van der Waals surface area (Å²) in [6.07, 6.45) is 3.91. The van der Waals surface area contributed by atoms with Gasteiger partial charge in [0.2, 0.25) is 0 Å². The van der Waals surface area contributed by atoms with Crippen molar-refractivity contribution in [3.8, 4) is 0 Å². The molecule has 0 aliphatic heterocycles. The van der Waals surface area contributed by atoms with E-state index in [-0.39, 0.29) is 23.7 Å². The summed E-state index contributed by atoms with van der Waals surface area (Å²) >= 11 is 0. The summed E-state index contributed by atoms with van der Waals surface area (Å²) in [7, 11) is -1.77. The number of aliphatic hydroxyl groups excluding tert-OH is 2. The van der Waals surface area contributed by atoms with Crippen LogP contribution in [0.4, 0.5) is 0 Å². The van der Waals surface area contributed by atoms with Crippen LogP contribution in [0.1, 0.15) is 27.2 Å². The van der Waals surface area contributed by atoms with Crippen LogP contribution in [0.15, 0.2) is 12.2 Å². The Kier molecular flexibility index (Phi) is 4.58. The highest BCUT2D eigenvalue weighted by molar-refractivity contribution is 6.74. The minimum absolute atomic E-state index is 0.0167. The molecular formula is C13H26O3Si. The molecule has 0 saturated heterocycles. The van der Waals surface area contributed by atoms with Gasteiger partial charge < -0.3 is 14.6 Å². The van der Waals surface area contributed by atoms with E-state index in [1.165, 1.54) is 0 Å². The van der Waals surface area contributed by atoms with Gasteiger partial charge in [-0.15, -0.1) is 0 Å². The summed E-state index contributed by atoms with van der Waals surface area (Å²) in [5.41, 5.74) is 0. The van der Waals surface area contributed by atoms with E-state index >= 15 is 0 Å². The van der Waals surface area contributed by atoms with Gasteiger partial charge in [0.25, 0.3) is 0 Å². The fraction of sp³-hybridized carbons (Fsp3) is 0.846. The Morgan fingerprint density at radius 1 is 1.29 bits per heavy atom. The number of aliphatic hydroxyl groups is 2. The van der Waals surface area contributed by atoms with E-state index in [4.69, 9.17) is 4.43 Å². The Hall–Kier alpha value is -0.163. The predicted octanol–water partition coefficient (Wildman–Crippen LogP) is 2.31. The van der Waals surface area contributed by atoms with Crippen LogP contribution in [0.5, 0.6) is 0 Å². The topological polar surface area (TPSA) is 49.7 Å². The molecule has 0 amide bonds. The van der Waals surface area contributed by atoms with Crippen LogP contribution in [-0.4, -0.2) is 37.3 Å². The summed E-state index contributed by atoms with van der Waals surface area (Å²) in [6, 6.07) is 0. The minimum Gasteiger partial charge on any atom is -0.411 e. The Labute approximate surface area is 106 Å². The molecule has 2 N–H and O–H groups in total. The highest BCUT2D eigenvalue weighted by atomic mass is 28.4. The third-order valence-corrected chi connectivity index (χ3v) is 8.53. The molecular weight excluding hydrogens is 232 g/mol. The first kappa shape index (κ1) is 14.9. The first-order valence-electron chi connectivity index (χ1n) is 6.32. The smallest absolute Gasteiger partial charge is 0.192 e. The standard InChI is InChI=1S/C13H26O3Si/c1-13(2,3)17(4,5)16-11-6-7-12(15)10(8-11)9-14/h6-7,10-12,14-15H,8-9H2,1-5H3/t10-,11-,12+/m1/s1. The van der Waals surface area contributed by atoms with Crippen molar-refractivity contribution in [3.63, 3.8) is 0 Å². The lowest BCUT2D eigenvalue weighted by Crippen LogP contribution is -2.45. The molecule has 1 rings (SSSR count). The van der Waals surface area contributed by atoms with Crippen LogP contribution >= 0.6 is 0 Å². The van der Waals surface area contributed by atoms with Crippen molar-refractivity contribution in [2.75, 3.05) is 6.61 Å². The van der Waals surface area contributed by atoms with Crippen molar-refractivity contribution in [1.82, 2.24) is 0 Å². The molecule has 1 aliphatic rings. The fourth-order valence-corrected chi connectivity index (χ4v) is 3.02. The first-order chi connectivity index (χ1) is 7.67. The van der Waals surface area contributed by atoms with Gasteiger partial charge in [-0.25, -0.2) is 0 Å². The zero-order chi connectivity index (χ0) is 13.3. The van der Waals surface area contributed by atoms with E-state index in [0.29, 0.717) is 6.42 Å². The fourth-order valence-electron chi connectivity index (χ4n) is 1.74. The van der Waals surface area contributed by atoms with E-state index in [9.17, 15) is 10.2 Å². The van der Waals surface area contributed by atoms with E-state index in [1.807, 2.05) is 6.08 Å². The second kappa shape index (κ2) is 5.22. The second-order valence-corrected chi connectivity index (χ2v) is 11.2. The molecule has 0 unspecified atom stereocenters. The monoisotopic (exact) mass is 258 g/mol. The Morgan fingerprint density at radius 2 is 1.88 bits per heavy atom. The van der Waals surface area contributed by atoms with Gasteiger partial charge in [0.05, 0.1) is 12.2 Å². The van der Waals surface area contributed by atoms with Crippen molar-refractivity contribution in [1.29, 1.82) is 0 Å². The summed E-state index contributed by atoms with van der Waals surface area (Å²) in [4.78, 5) is 0. The molecule has 0 radical (unpaired) electrons. The van der Waals surface area contributed by atoms with E-state index in [0.717, 1.165) is 0 Å². The largest absolute Gasteiger partial charge is 0.411 e. The normalized spacial score (nSPS) is 30.6. The molecule has 4 heteroatoms. The molecule has 1 aliphatic carbocycles. The maximum atomic E-state index is 9.65. The number of hydrogen-bond acceptors (Lipinski definition) is 3. The average molecular weight is 258 g/mol. The SMILES string of the molecule is CC(C)(C)[Si](C)(C)O[C@@H]1C=C[C@H](O)[C@@H](CO)C1. The summed E-state index contributed by atoms with van der Waals surface area (Å²) in [5, 5.41) is 19.0. The van der Waals surface area contributed by atoms with Gasteiger partial charge in [0.15, 0.2) is 8.32 Å². The molecule has 3 atom stereocenters. The molecule has 0 saturated carbocycles. The zero-order valence-electron chi connectivity index (χ0n) is 11.6. The van der Waals surface area contributed by atoms with Gasteiger partial charge in [0, 0.05) is 12.5 Å². The molecule has 0 heterocycles. The van der Waals surface area contributed by atoms with Crippen molar-refractivity contribution >= 4 is 8.32 Å². The zero-order valence-corrected chi connectivity index (χ0v) is 12.6. The van der Waals surface area contributed by atoms with Gasteiger partial charge in [-0.3, -0.25) is 0 Å². The average Bonchev–Trinajstić information content (AvgIpc) is 2.19. The first-order valence-corrected chi connectivity index (χ1v) is 9.23. The lowest BCUT2D eigenvalue weighted by Gasteiger charge is -2.40. The lowest BCUT2D eigenvalue weighted by molar-refractivity contribution is 0.0578. The summed E-state index contributed by atoms with van der Waals surface area (Å²) < 4.78 is 6.25. The third-order valence-electron chi connectivity index (χ3n) is 4.03. The number of rotatable bonds is 3. The highest BCUT2D eigenvalue weighted by Gasteiger charge is 2.40. The van der Waals surface area contributed by atoms with Crippen LogP contribution in [-0.2, 0) is 4.43 Å².